The van der Waals surface area contributed by atoms with E-state index in [0.717, 1.165) is 29.9 Å². The van der Waals surface area contributed by atoms with Gasteiger partial charge in [-0.3, -0.25) is 4.98 Å². The van der Waals surface area contributed by atoms with Crippen molar-refractivity contribution in [1.29, 1.82) is 0 Å². The zero-order valence-electron chi connectivity index (χ0n) is 17.8. The molecule has 0 aliphatic heterocycles. The van der Waals surface area contributed by atoms with E-state index in [1.165, 1.54) is 36.0 Å². The Bertz CT molecular complexity index is 709. The van der Waals surface area contributed by atoms with Crippen molar-refractivity contribution in [3.63, 3.8) is 0 Å². The molecule has 2 nitrogen and oxygen atoms in total. The Morgan fingerprint density at radius 1 is 1.04 bits per heavy atom. The van der Waals surface area contributed by atoms with Crippen LogP contribution in [0.25, 0.3) is 17.3 Å². The standard InChI is InChI=1S/C21H26N2.C4H10/c1-5-6-13-22-18(4)20-8-7-14-23-21(20)15-17(3)19-11-9-16(2)10-12-19;1-3-4-2/h7-12,14-15,22H,4-6,13H2,1-3H3;3-4H2,1-2H3/b17-15+;. The molecule has 2 aromatic rings. The molecule has 1 heterocycles. The van der Waals surface area contributed by atoms with Crippen molar-refractivity contribution in [2.75, 3.05) is 6.54 Å². The van der Waals surface area contributed by atoms with Crippen molar-refractivity contribution in [1.82, 2.24) is 10.3 Å². The van der Waals surface area contributed by atoms with Crippen LogP contribution in [0.4, 0.5) is 0 Å². The summed E-state index contributed by atoms with van der Waals surface area (Å²) < 4.78 is 0. The summed E-state index contributed by atoms with van der Waals surface area (Å²) in [6.45, 7) is 15.9. The van der Waals surface area contributed by atoms with Gasteiger partial charge >= 0.3 is 0 Å². The number of aryl methyl sites for hydroxylation is 1. The summed E-state index contributed by atoms with van der Waals surface area (Å²) in [4.78, 5) is 4.53. The lowest BCUT2D eigenvalue weighted by Crippen LogP contribution is -2.13. The highest BCUT2D eigenvalue weighted by Crippen LogP contribution is 2.21. The molecular formula is C25H36N2. The summed E-state index contributed by atoms with van der Waals surface area (Å²) in [5, 5.41) is 3.40. The first-order valence-electron chi connectivity index (χ1n) is 10.2. The quantitative estimate of drug-likeness (QED) is 0.504. The van der Waals surface area contributed by atoms with Gasteiger partial charge in [0.05, 0.1) is 5.69 Å². The molecule has 1 aromatic carbocycles. The summed E-state index contributed by atoms with van der Waals surface area (Å²) in [5.41, 5.74) is 6.65. The summed E-state index contributed by atoms with van der Waals surface area (Å²) in [5.74, 6) is 0. The number of nitrogens with one attached hydrogen (secondary N) is 1. The first-order valence-corrected chi connectivity index (χ1v) is 10.2. The smallest absolute Gasteiger partial charge is 0.0725 e. The average Bonchev–Trinajstić information content (AvgIpc) is 2.69. The lowest BCUT2D eigenvalue weighted by Gasteiger charge is -2.12. The van der Waals surface area contributed by atoms with Crippen LogP contribution in [0.2, 0.25) is 0 Å². The van der Waals surface area contributed by atoms with Crippen LogP contribution >= 0.6 is 0 Å². The van der Waals surface area contributed by atoms with Crippen molar-refractivity contribution in [2.45, 2.75) is 60.3 Å². The molecule has 0 aliphatic rings. The van der Waals surface area contributed by atoms with Gasteiger partial charge in [0.1, 0.15) is 0 Å². The average molecular weight is 365 g/mol. The fraction of sp³-hybridized carbons (Fsp3) is 0.400. The van der Waals surface area contributed by atoms with E-state index in [-0.39, 0.29) is 0 Å². The van der Waals surface area contributed by atoms with E-state index in [2.05, 4.69) is 87.9 Å². The lowest BCUT2D eigenvalue weighted by atomic mass is 10.0. The SMILES string of the molecule is C=C(NCCCC)c1cccnc1/C=C(\C)c1ccc(C)cc1.CCCC. The van der Waals surface area contributed by atoms with Crippen LogP contribution in [0, 0.1) is 6.92 Å². The predicted molar refractivity (Wildman–Crippen MR) is 121 cm³/mol. The van der Waals surface area contributed by atoms with Gasteiger partial charge in [-0.2, -0.15) is 0 Å². The minimum absolute atomic E-state index is 0.939. The largest absolute Gasteiger partial charge is 0.385 e. The van der Waals surface area contributed by atoms with E-state index >= 15 is 0 Å². The predicted octanol–water partition coefficient (Wildman–Crippen LogP) is 7.12. The van der Waals surface area contributed by atoms with E-state index in [1.807, 2.05) is 12.3 Å². The van der Waals surface area contributed by atoms with Crippen molar-refractivity contribution in [3.05, 3.63) is 71.6 Å². The van der Waals surface area contributed by atoms with Gasteiger partial charge in [-0.25, -0.2) is 0 Å². The molecule has 2 heteroatoms. The maximum Gasteiger partial charge on any atom is 0.0725 e. The molecule has 1 N–H and O–H groups in total. The Balaban J connectivity index is 0.000000828. The number of hydrogen-bond donors (Lipinski definition) is 1. The number of benzene rings is 1. The molecule has 0 fully saturated rings. The highest BCUT2D eigenvalue weighted by Gasteiger charge is 2.06. The fourth-order valence-corrected chi connectivity index (χ4v) is 2.40. The van der Waals surface area contributed by atoms with E-state index in [4.69, 9.17) is 0 Å². The van der Waals surface area contributed by atoms with Gasteiger partial charge in [-0.15, -0.1) is 0 Å². The normalized spacial score (nSPS) is 10.8. The van der Waals surface area contributed by atoms with Crippen LogP contribution in [0.3, 0.4) is 0 Å². The Morgan fingerprint density at radius 3 is 2.30 bits per heavy atom. The van der Waals surface area contributed by atoms with E-state index < -0.39 is 0 Å². The van der Waals surface area contributed by atoms with Gasteiger partial charge in [0.15, 0.2) is 0 Å². The van der Waals surface area contributed by atoms with Crippen molar-refractivity contribution in [2.24, 2.45) is 0 Å². The second kappa shape index (κ2) is 12.9. The molecule has 0 atom stereocenters. The molecule has 0 radical (unpaired) electrons. The van der Waals surface area contributed by atoms with E-state index in [1.54, 1.807) is 0 Å². The number of pyridine rings is 1. The van der Waals surface area contributed by atoms with Crippen LogP contribution in [-0.4, -0.2) is 11.5 Å². The van der Waals surface area contributed by atoms with Crippen molar-refractivity contribution in [3.8, 4) is 0 Å². The minimum Gasteiger partial charge on any atom is -0.385 e. The highest BCUT2D eigenvalue weighted by atomic mass is 14.9. The molecule has 0 amide bonds. The van der Waals surface area contributed by atoms with Gasteiger partial charge in [0, 0.05) is 24.0 Å². The van der Waals surface area contributed by atoms with Gasteiger partial charge in [-0.1, -0.05) is 76.4 Å². The van der Waals surface area contributed by atoms with Crippen molar-refractivity contribution < 1.29 is 0 Å². The molecular weight excluding hydrogens is 328 g/mol. The second-order valence-electron chi connectivity index (χ2n) is 6.89. The number of rotatable bonds is 8. The molecule has 1 aromatic heterocycles. The number of unbranched alkanes of at least 4 members (excludes halogenated alkanes) is 2. The maximum atomic E-state index is 4.53. The van der Waals surface area contributed by atoms with Crippen LogP contribution in [0.1, 0.15) is 75.8 Å². The Labute approximate surface area is 166 Å². The Kier molecular flexibility index (Phi) is 10.9. The fourth-order valence-electron chi connectivity index (χ4n) is 2.40. The summed E-state index contributed by atoms with van der Waals surface area (Å²) in [6, 6.07) is 12.6. The molecule has 0 saturated heterocycles. The van der Waals surface area contributed by atoms with Gasteiger partial charge < -0.3 is 5.32 Å². The molecule has 0 aliphatic carbocycles. The molecule has 0 unspecified atom stereocenters. The zero-order chi connectivity index (χ0) is 20.1. The zero-order valence-corrected chi connectivity index (χ0v) is 17.8. The van der Waals surface area contributed by atoms with Gasteiger partial charge in [0.25, 0.3) is 0 Å². The van der Waals surface area contributed by atoms with Gasteiger partial charge in [0.2, 0.25) is 0 Å². The Morgan fingerprint density at radius 2 is 1.70 bits per heavy atom. The number of allylic oxidation sites excluding steroid dienone is 1. The van der Waals surface area contributed by atoms with E-state index in [9.17, 15) is 0 Å². The van der Waals surface area contributed by atoms with Gasteiger partial charge in [-0.05, 0) is 49.6 Å². The Hall–Kier alpha value is -2.35. The third-order valence-electron chi connectivity index (χ3n) is 4.39. The third kappa shape index (κ3) is 8.25. The molecule has 2 rings (SSSR count). The first kappa shape index (κ1) is 22.7. The topological polar surface area (TPSA) is 24.9 Å². The second-order valence-corrected chi connectivity index (χ2v) is 6.89. The monoisotopic (exact) mass is 364 g/mol. The van der Waals surface area contributed by atoms with Crippen LogP contribution < -0.4 is 5.32 Å². The van der Waals surface area contributed by atoms with E-state index in [0.29, 0.717) is 0 Å². The maximum absolute atomic E-state index is 4.53. The third-order valence-corrected chi connectivity index (χ3v) is 4.39. The molecule has 0 bridgehead atoms. The first-order chi connectivity index (χ1) is 13.0. The summed E-state index contributed by atoms with van der Waals surface area (Å²) in [6.07, 6.45) is 8.92. The summed E-state index contributed by atoms with van der Waals surface area (Å²) in [7, 11) is 0. The van der Waals surface area contributed by atoms with Crippen molar-refractivity contribution >= 4 is 17.3 Å². The van der Waals surface area contributed by atoms with Crippen LogP contribution in [0.5, 0.6) is 0 Å². The van der Waals surface area contributed by atoms with Crippen LogP contribution in [0.15, 0.2) is 49.2 Å². The molecule has 0 saturated carbocycles. The molecule has 0 spiro atoms. The minimum atomic E-state index is 0.939. The lowest BCUT2D eigenvalue weighted by molar-refractivity contribution is 0.745. The summed E-state index contributed by atoms with van der Waals surface area (Å²) >= 11 is 0. The number of hydrogen-bond acceptors (Lipinski definition) is 2. The highest BCUT2D eigenvalue weighted by molar-refractivity contribution is 5.83. The molecule has 146 valence electrons. The molecule has 27 heavy (non-hydrogen) atoms. The number of aromatic nitrogens is 1. The van der Waals surface area contributed by atoms with Crippen LogP contribution in [-0.2, 0) is 0 Å². The number of nitrogens with zero attached hydrogens (tertiary/aromatic N) is 1.